The van der Waals surface area contributed by atoms with Crippen LogP contribution in [-0.4, -0.2) is 25.9 Å². The normalized spacial score (nSPS) is 11.7. The number of imidazole rings is 1. The Bertz CT molecular complexity index is 1130. The van der Waals surface area contributed by atoms with Crippen molar-refractivity contribution >= 4 is 27.7 Å². The van der Waals surface area contributed by atoms with Crippen LogP contribution in [0.3, 0.4) is 0 Å². The largest absolute Gasteiger partial charge is 0.420 e. The number of thioether (sulfide) groups is 1. The molecule has 10 heteroatoms. The van der Waals surface area contributed by atoms with Gasteiger partial charge in [-0.25, -0.2) is 4.98 Å². The van der Waals surface area contributed by atoms with Crippen LogP contribution in [0.4, 0.5) is 13.2 Å². The van der Waals surface area contributed by atoms with Crippen LogP contribution in [0, 0.1) is 0 Å². The van der Waals surface area contributed by atoms with Gasteiger partial charge in [0.15, 0.2) is 5.16 Å². The van der Waals surface area contributed by atoms with E-state index in [0.29, 0.717) is 23.0 Å². The Balaban J connectivity index is 1.55. The molecule has 0 spiro atoms. The van der Waals surface area contributed by atoms with E-state index in [1.807, 2.05) is 30.3 Å². The second-order valence-corrected chi connectivity index (χ2v) is 8.15. The Hall–Kier alpha value is -2.59. The van der Waals surface area contributed by atoms with E-state index in [1.54, 1.807) is 24.3 Å². The number of aromatic nitrogens is 4. The molecular weight excluding hydrogens is 481 g/mol. The summed E-state index contributed by atoms with van der Waals surface area (Å²) in [4.78, 5) is 4.20. The van der Waals surface area contributed by atoms with Gasteiger partial charge in [-0.05, 0) is 29.8 Å². The monoisotopic (exact) mass is 494 g/mol. The third-order valence-electron chi connectivity index (χ3n) is 4.11. The number of rotatable bonds is 6. The SMILES string of the molecule is FC(F)(F)Cn1c(-c2ccccc2)cnc1SCc1nnc(-c2ccc(Br)cc2)o1. The highest BCUT2D eigenvalue weighted by molar-refractivity contribution is 9.10. The maximum absolute atomic E-state index is 13.2. The van der Waals surface area contributed by atoms with Crippen LogP contribution in [0.1, 0.15) is 5.89 Å². The van der Waals surface area contributed by atoms with Crippen molar-refractivity contribution in [2.24, 2.45) is 0 Å². The van der Waals surface area contributed by atoms with Gasteiger partial charge in [0.25, 0.3) is 0 Å². The van der Waals surface area contributed by atoms with Crippen molar-refractivity contribution in [3.8, 4) is 22.7 Å². The van der Waals surface area contributed by atoms with Crippen molar-refractivity contribution in [2.45, 2.75) is 23.6 Å². The van der Waals surface area contributed by atoms with E-state index < -0.39 is 12.7 Å². The lowest BCUT2D eigenvalue weighted by atomic mass is 10.2. The predicted octanol–water partition coefficient (Wildman–Crippen LogP) is 6.22. The molecular formula is C20H14BrF3N4OS. The van der Waals surface area contributed by atoms with Gasteiger partial charge in [-0.3, -0.25) is 0 Å². The van der Waals surface area contributed by atoms with Crippen LogP contribution in [-0.2, 0) is 12.3 Å². The van der Waals surface area contributed by atoms with E-state index in [1.165, 1.54) is 6.20 Å². The van der Waals surface area contributed by atoms with Gasteiger partial charge >= 0.3 is 6.18 Å². The first kappa shape index (κ1) is 20.7. The van der Waals surface area contributed by atoms with E-state index in [4.69, 9.17) is 4.42 Å². The second kappa shape index (κ2) is 8.65. The molecule has 0 atom stereocenters. The molecule has 0 fully saturated rings. The average molecular weight is 495 g/mol. The number of benzene rings is 2. The van der Waals surface area contributed by atoms with E-state index in [2.05, 4.69) is 31.1 Å². The summed E-state index contributed by atoms with van der Waals surface area (Å²) < 4.78 is 47.3. The molecule has 2 aromatic carbocycles. The summed E-state index contributed by atoms with van der Waals surface area (Å²) in [6.45, 7) is -1.13. The fraction of sp³-hybridized carbons (Fsp3) is 0.150. The van der Waals surface area contributed by atoms with Gasteiger partial charge in [0.05, 0.1) is 17.6 Å². The minimum atomic E-state index is -4.38. The van der Waals surface area contributed by atoms with Gasteiger partial charge in [0.1, 0.15) is 6.54 Å². The van der Waals surface area contributed by atoms with E-state index in [0.717, 1.165) is 26.4 Å². The Kier molecular flexibility index (Phi) is 5.96. The summed E-state index contributed by atoms with van der Waals surface area (Å²) in [5.74, 6) is 0.856. The highest BCUT2D eigenvalue weighted by Gasteiger charge is 2.31. The smallest absolute Gasteiger partial charge is 0.406 e. The molecule has 0 aliphatic rings. The molecule has 0 unspecified atom stereocenters. The van der Waals surface area contributed by atoms with Crippen LogP contribution in [0.25, 0.3) is 22.7 Å². The average Bonchev–Trinajstić information content (AvgIpc) is 3.34. The van der Waals surface area contributed by atoms with Gasteiger partial charge in [0, 0.05) is 10.0 Å². The standard InChI is InChI=1S/C20H14BrF3N4OS/c21-15-8-6-14(7-9-15)18-27-26-17(29-18)11-30-19-25-10-16(13-4-2-1-3-5-13)28(19)12-20(22,23)24/h1-10H,11-12H2. The van der Waals surface area contributed by atoms with E-state index in [9.17, 15) is 13.2 Å². The molecule has 0 amide bonds. The summed E-state index contributed by atoms with van der Waals surface area (Å²) in [5.41, 5.74) is 1.82. The van der Waals surface area contributed by atoms with Crippen molar-refractivity contribution in [1.82, 2.24) is 19.7 Å². The highest BCUT2D eigenvalue weighted by atomic mass is 79.9. The molecule has 0 saturated heterocycles. The molecule has 154 valence electrons. The van der Waals surface area contributed by atoms with Gasteiger partial charge in [-0.15, -0.1) is 10.2 Å². The Morgan fingerprint density at radius 1 is 0.967 bits per heavy atom. The topological polar surface area (TPSA) is 56.7 Å². The fourth-order valence-corrected chi connectivity index (χ4v) is 3.87. The first-order valence-electron chi connectivity index (χ1n) is 8.78. The first-order chi connectivity index (χ1) is 14.4. The molecule has 5 nitrogen and oxygen atoms in total. The van der Waals surface area contributed by atoms with Gasteiger partial charge < -0.3 is 8.98 Å². The Morgan fingerprint density at radius 2 is 1.70 bits per heavy atom. The molecule has 30 heavy (non-hydrogen) atoms. The highest BCUT2D eigenvalue weighted by Crippen LogP contribution is 2.31. The lowest BCUT2D eigenvalue weighted by Gasteiger charge is -2.13. The van der Waals surface area contributed by atoms with Crippen molar-refractivity contribution in [1.29, 1.82) is 0 Å². The zero-order valence-electron chi connectivity index (χ0n) is 15.3. The van der Waals surface area contributed by atoms with Crippen LogP contribution < -0.4 is 0 Å². The van der Waals surface area contributed by atoms with Gasteiger partial charge in [-0.1, -0.05) is 58.0 Å². The molecule has 0 aliphatic carbocycles. The summed E-state index contributed by atoms with van der Waals surface area (Å²) in [5, 5.41) is 8.23. The molecule has 0 aliphatic heterocycles. The number of hydrogen-bond acceptors (Lipinski definition) is 5. The molecule has 4 rings (SSSR count). The van der Waals surface area contributed by atoms with Crippen LogP contribution in [0.5, 0.6) is 0 Å². The summed E-state index contributed by atoms with van der Waals surface area (Å²) in [7, 11) is 0. The third-order valence-corrected chi connectivity index (χ3v) is 5.61. The molecule has 0 saturated carbocycles. The lowest BCUT2D eigenvalue weighted by molar-refractivity contribution is -0.141. The minimum absolute atomic E-state index is 0.201. The lowest BCUT2D eigenvalue weighted by Crippen LogP contribution is -2.19. The van der Waals surface area contributed by atoms with Crippen LogP contribution in [0.15, 0.2) is 74.8 Å². The summed E-state index contributed by atoms with van der Waals surface area (Å²) in [6.07, 6.45) is -2.93. The summed E-state index contributed by atoms with van der Waals surface area (Å²) in [6, 6.07) is 16.2. The number of halogens is 4. The van der Waals surface area contributed by atoms with Crippen molar-refractivity contribution in [3.05, 3.63) is 71.2 Å². The molecule has 0 radical (unpaired) electrons. The minimum Gasteiger partial charge on any atom is -0.420 e. The number of alkyl halides is 3. The molecule has 4 aromatic rings. The second-order valence-electron chi connectivity index (χ2n) is 6.29. The maximum atomic E-state index is 13.2. The van der Waals surface area contributed by atoms with Gasteiger partial charge in [0.2, 0.25) is 11.8 Å². The van der Waals surface area contributed by atoms with Gasteiger partial charge in [-0.2, -0.15) is 13.2 Å². The fourth-order valence-electron chi connectivity index (χ4n) is 2.79. The maximum Gasteiger partial charge on any atom is 0.406 e. The Labute approximate surface area is 182 Å². The van der Waals surface area contributed by atoms with Crippen LogP contribution >= 0.6 is 27.7 Å². The molecule has 0 bridgehead atoms. The third kappa shape index (κ3) is 4.93. The van der Waals surface area contributed by atoms with Crippen molar-refractivity contribution in [2.75, 3.05) is 0 Å². The van der Waals surface area contributed by atoms with Crippen molar-refractivity contribution < 1.29 is 17.6 Å². The van der Waals surface area contributed by atoms with Crippen molar-refractivity contribution in [3.63, 3.8) is 0 Å². The van der Waals surface area contributed by atoms with E-state index in [-0.39, 0.29) is 10.9 Å². The summed E-state index contributed by atoms with van der Waals surface area (Å²) >= 11 is 4.48. The molecule has 2 heterocycles. The molecule has 0 N–H and O–H groups in total. The van der Waals surface area contributed by atoms with Crippen LogP contribution in [0.2, 0.25) is 0 Å². The quantitative estimate of drug-likeness (QED) is 0.298. The zero-order chi connectivity index (χ0) is 21.1. The predicted molar refractivity (Wildman–Crippen MR) is 111 cm³/mol. The Morgan fingerprint density at radius 3 is 2.40 bits per heavy atom. The first-order valence-corrected chi connectivity index (χ1v) is 10.6. The number of nitrogens with zero attached hydrogens (tertiary/aromatic N) is 4. The number of hydrogen-bond donors (Lipinski definition) is 0. The molecule has 2 aromatic heterocycles. The zero-order valence-corrected chi connectivity index (χ0v) is 17.7. The van der Waals surface area contributed by atoms with E-state index >= 15 is 0 Å².